The number of nitrogens with zero attached hydrogens (tertiary/aromatic N) is 1. The van der Waals surface area contributed by atoms with Gasteiger partial charge in [0.05, 0.1) is 4.90 Å². The van der Waals surface area contributed by atoms with Gasteiger partial charge in [-0.1, -0.05) is 30.3 Å². The van der Waals surface area contributed by atoms with Crippen molar-refractivity contribution < 1.29 is 18.3 Å². The number of benzene rings is 2. The number of aliphatic carboxylic acids is 1. The Hall–Kier alpha value is -1.92. The summed E-state index contributed by atoms with van der Waals surface area (Å²) in [6.07, 6.45) is 1.79. The van der Waals surface area contributed by atoms with Crippen LogP contribution in [0, 0.1) is 0 Å². The fourth-order valence-corrected chi connectivity index (χ4v) is 4.59. The highest BCUT2D eigenvalue weighted by atomic mass is 32.2. The fourth-order valence-electron chi connectivity index (χ4n) is 2.90. The Balaban J connectivity index is 2.04. The molecule has 22 heavy (non-hydrogen) atoms. The molecule has 5 nitrogen and oxygen atoms in total. The number of rotatable bonds is 3. The number of carboxylic acids is 1. The first kappa shape index (κ1) is 15.0. The number of carbonyl (C=O) groups is 1. The van der Waals surface area contributed by atoms with Gasteiger partial charge in [-0.2, -0.15) is 4.31 Å². The van der Waals surface area contributed by atoms with Crippen LogP contribution in [-0.4, -0.2) is 36.4 Å². The van der Waals surface area contributed by atoms with Crippen LogP contribution in [0.5, 0.6) is 0 Å². The van der Waals surface area contributed by atoms with E-state index >= 15 is 0 Å². The molecule has 0 unspecified atom stereocenters. The number of hydrogen-bond acceptors (Lipinski definition) is 3. The molecular weight excluding hydrogens is 302 g/mol. The molecule has 1 aliphatic heterocycles. The number of sulfonamides is 1. The molecule has 1 aliphatic rings. The van der Waals surface area contributed by atoms with E-state index < -0.39 is 22.0 Å². The van der Waals surface area contributed by atoms with Gasteiger partial charge in [-0.25, -0.2) is 8.42 Å². The normalized spacial score (nSPS) is 20.1. The first-order chi connectivity index (χ1) is 10.5. The first-order valence-electron chi connectivity index (χ1n) is 7.23. The third-order valence-corrected chi connectivity index (χ3v) is 5.97. The lowest BCUT2D eigenvalue weighted by Gasteiger charge is -2.31. The summed E-state index contributed by atoms with van der Waals surface area (Å²) in [6, 6.07) is 11.4. The van der Waals surface area contributed by atoms with E-state index in [0.29, 0.717) is 12.8 Å². The topological polar surface area (TPSA) is 74.7 Å². The lowest BCUT2D eigenvalue weighted by molar-refractivity contribution is -0.142. The minimum Gasteiger partial charge on any atom is -0.480 e. The van der Waals surface area contributed by atoms with E-state index in [4.69, 9.17) is 0 Å². The van der Waals surface area contributed by atoms with E-state index in [1.165, 1.54) is 0 Å². The molecule has 116 valence electrons. The van der Waals surface area contributed by atoms with Gasteiger partial charge in [0.15, 0.2) is 0 Å². The predicted molar refractivity (Wildman–Crippen MR) is 83.1 cm³/mol. The molecule has 2 aromatic rings. The quantitative estimate of drug-likeness (QED) is 0.943. The summed E-state index contributed by atoms with van der Waals surface area (Å²) < 4.78 is 26.7. The molecule has 0 spiro atoms. The molecule has 2 aromatic carbocycles. The minimum absolute atomic E-state index is 0.152. The van der Waals surface area contributed by atoms with Crippen LogP contribution in [-0.2, 0) is 14.8 Å². The highest BCUT2D eigenvalue weighted by molar-refractivity contribution is 7.89. The summed E-state index contributed by atoms with van der Waals surface area (Å²) in [7, 11) is -3.80. The van der Waals surface area contributed by atoms with Crippen molar-refractivity contribution in [3.63, 3.8) is 0 Å². The highest BCUT2D eigenvalue weighted by Crippen LogP contribution is 2.27. The number of piperidine rings is 1. The van der Waals surface area contributed by atoms with Crippen molar-refractivity contribution in [1.82, 2.24) is 4.31 Å². The second-order valence-electron chi connectivity index (χ2n) is 5.47. The third-order valence-electron chi connectivity index (χ3n) is 4.07. The van der Waals surface area contributed by atoms with Gasteiger partial charge in [0.25, 0.3) is 0 Å². The van der Waals surface area contributed by atoms with Gasteiger partial charge in [0.1, 0.15) is 6.04 Å². The lowest BCUT2D eigenvalue weighted by Crippen LogP contribution is -2.47. The smallest absolute Gasteiger partial charge is 0.322 e. The minimum atomic E-state index is -3.80. The van der Waals surface area contributed by atoms with Crippen molar-refractivity contribution in [3.8, 4) is 0 Å². The van der Waals surface area contributed by atoms with E-state index in [0.717, 1.165) is 21.5 Å². The SMILES string of the molecule is O=C(O)[C@H]1CCCCN1S(=O)(=O)c1ccc2ccccc2c1. The lowest BCUT2D eigenvalue weighted by atomic mass is 10.1. The molecule has 0 aliphatic carbocycles. The Labute approximate surface area is 129 Å². The summed E-state index contributed by atoms with van der Waals surface area (Å²) in [5.41, 5.74) is 0. The zero-order valence-corrected chi connectivity index (χ0v) is 12.8. The molecule has 1 atom stereocenters. The number of carboxylic acid groups (broad SMARTS) is 1. The van der Waals surface area contributed by atoms with Gasteiger partial charge in [-0.3, -0.25) is 4.79 Å². The molecule has 1 N–H and O–H groups in total. The molecule has 1 heterocycles. The average Bonchev–Trinajstić information content (AvgIpc) is 2.54. The van der Waals surface area contributed by atoms with Crippen LogP contribution in [0.15, 0.2) is 47.4 Å². The third kappa shape index (κ3) is 2.60. The largest absolute Gasteiger partial charge is 0.480 e. The first-order valence-corrected chi connectivity index (χ1v) is 8.67. The van der Waals surface area contributed by atoms with Crippen molar-refractivity contribution in [2.75, 3.05) is 6.54 Å². The maximum Gasteiger partial charge on any atom is 0.322 e. The molecule has 0 amide bonds. The monoisotopic (exact) mass is 319 g/mol. The van der Waals surface area contributed by atoms with Crippen molar-refractivity contribution in [1.29, 1.82) is 0 Å². The van der Waals surface area contributed by atoms with Crippen LogP contribution >= 0.6 is 0 Å². The molecule has 6 heteroatoms. The molecule has 1 saturated heterocycles. The zero-order chi connectivity index (χ0) is 15.7. The number of hydrogen-bond donors (Lipinski definition) is 1. The standard InChI is InChI=1S/C16H17NO4S/c18-16(19)15-7-3-4-10-17(15)22(20,21)14-9-8-12-5-1-2-6-13(12)11-14/h1-2,5-6,8-9,11,15H,3-4,7,10H2,(H,18,19)/t15-/m1/s1. The van der Waals surface area contributed by atoms with Gasteiger partial charge in [-0.15, -0.1) is 0 Å². The summed E-state index contributed by atoms with van der Waals surface area (Å²) in [4.78, 5) is 11.5. The van der Waals surface area contributed by atoms with Crippen LogP contribution in [0.1, 0.15) is 19.3 Å². The van der Waals surface area contributed by atoms with Gasteiger partial charge in [0.2, 0.25) is 10.0 Å². The molecule has 3 rings (SSSR count). The molecule has 0 saturated carbocycles. The molecule has 0 bridgehead atoms. The van der Waals surface area contributed by atoms with Gasteiger partial charge in [0, 0.05) is 6.54 Å². The van der Waals surface area contributed by atoms with Crippen molar-refractivity contribution >= 4 is 26.8 Å². The Morgan fingerprint density at radius 2 is 1.82 bits per heavy atom. The van der Waals surface area contributed by atoms with Crippen molar-refractivity contribution in [2.45, 2.75) is 30.2 Å². The van der Waals surface area contributed by atoms with E-state index in [1.54, 1.807) is 18.2 Å². The van der Waals surface area contributed by atoms with E-state index in [9.17, 15) is 18.3 Å². The summed E-state index contributed by atoms with van der Waals surface area (Å²) in [5.74, 6) is -1.08. The Morgan fingerprint density at radius 3 is 2.55 bits per heavy atom. The maximum absolute atomic E-state index is 12.8. The van der Waals surface area contributed by atoms with Crippen LogP contribution in [0.2, 0.25) is 0 Å². The van der Waals surface area contributed by atoms with Crippen LogP contribution in [0.4, 0.5) is 0 Å². The zero-order valence-electron chi connectivity index (χ0n) is 12.0. The fraction of sp³-hybridized carbons (Fsp3) is 0.312. The predicted octanol–water partition coefficient (Wildman–Crippen LogP) is 2.47. The van der Waals surface area contributed by atoms with Crippen LogP contribution in [0.25, 0.3) is 10.8 Å². The molecular formula is C16H17NO4S. The summed E-state index contributed by atoms with van der Waals surface area (Å²) in [6.45, 7) is 0.256. The number of fused-ring (bicyclic) bond motifs is 1. The summed E-state index contributed by atoms with van der Waals surface area (Å²) in [5, 5.41) is 11.1. The van der Waals surface area contributed by atoms with E-state index in [-0.39, 0.29) is 11.4 Å². The van der Waals surface area contributed by atoms with Gasteiger partial charge >= 0.3 is 5.97 Å². The van der Waals surface area contributed by atoms with E-state index in [1.807, 2.05) is 24.3 Å². The van der Waals surface area contributed by atoms with Gasteiger partial charge < -0.3 is 5.11 Å². The Kier molecular flexibility index (Phi) is 3.88. The molecule has 0 aromatic heterocycles. The van der Waals surface area contributed by atoms with Crippen LogP contribution < -0.4 is 0 Å². The van der Waals surface area contributed by atoms with Crippen molar-refractivity contribution in [2.24, 2.45) is 0 Å². The average molecular weight is 319 g/mol. The Bertz CT molecular complexity index is 816. The van der Waals surface area contributed by atoms with Gasteiger partial charge in [-0.05, 0) is 42.2 Å². The second-order valence-corrected chi connectivity index (χ2v) is 7.37. The molecule has 0 radical (unpaired) electrons. The second kappa shape index (κ2) is 5.70. The van der Waals surface area contributed by atoms with Crippen molar-refractivity contribution in [3.05, 3.63) is 42.5 Å². The Morgan fingerprint density at radius 1 is 1.09 bits per heavy atom. The highest BCUT2D eigenvalue weighted by Gasteiger charge is 2.37. The summed E-state index contributed by atoms with van der Waals surface area (Å²) >= 11 is 0. The maximum atomic E-state index is 12.8. The molecule has 1 fully saturated rings. The van der Waals surface area contributed by atoms with E-state index in [2.05, 4.69) is 0 Å². The van der Waals surface area contributed by atoms with Crippen LogP contribution in [0.3, 0.4) is 0 Å².